The summed E-state index contributed by atoms with van der Waals surface area (Å²) in [4.78, 5) is 30.4. The summed E-state index contributed by atoms with van der Waals surface area (Å²) in [6.45, 7) is 0.408. The highest BCUT2D eigenvalue weighted by molar-refractivity contribution is 7.98. The molecule has 0 aliphatic heterocycles. The van der Waals surface area contributed by atoms with Crippen LogP contribution in [0.25, 0.3) is 5.65 Å². The molecule has 3 rings (SSSR count). The van der Waals surface area contributed by atoms with Crippen molar-refractivity contribution >= 4 is 28.9 Å². The number of nitro groups is 1. The molecule has 0 atom stereocenters. The van der Waals surface area contributed by atoms with Crippen LogP contribution in [0.5, 0.6) is 0 Å². The van der Waals surface area contributed by atoms with Gasteiger partial charge in [-0.2, -0.15) is 0 Å². The Kier molecular flexibility index (Phi) is 4.71. The number of fused-ring (bicyclic) bond motifs is 1. The molecule has 7 nitrogen and oxygen atoms in total. The van der Waals surface area contributed by atoms with E-state index in [2.05, 4.69) is 4.98 Å². The van der Waals surface area contributed by atoms with Crippen molar-refractivity contribution in [1.29, 1.82) is 0 Å². The van der Waals surface area contributed by atoms with E-state index in [9.17, 15) is 14.9 Å². The normalized spacial score (nSPS) is 10.8. The third kappa shape index (κ3) is 3.34. The molecule has 0 bridgehead atoms. The minimum atomic E-state index is -0.685. The number of aromatic nitrogens is 2. The molecule has 1 aromatic carbocycles. The molecule has 0 aliphatic carbocycles. The number of benzene rings is 1. The Bertz CT molecular complexity index is 985. The lowest BCUT2D eigenvalue weighted by molar-refractivity contribution is -0.385. The summed E-state index contributed by atoms with van der Waals surface area (Å²) >= 11 is 1.64. The van der Waals surface area contributed by atoms with Crippen LogP contribution in [0, 0.1) is 10.1 Å². The number of thioether (sulfide) groups is 1. The van der Waals surface area contributed by atoms with Gasteiger partial charge in [-0.25, -0.2) is 4.98 Å². The van der Waals surface area contributed by atoms with Crippen LogP contribution in [-0.2, 0) is 6.54 Å². The van der Waals surface area contributed by atoms with Crippen molar-refractivity contribution in [2.45, 2.75) is 11.4 Å². The molecule has 25 heavy (non-hydrogen) atoms. The maximum absolute atomic E-state index is 12.5. The van der Waals surface area contributed by atoms with E-state index in [1.54, 1.807) is 41.9 Å². The number of hydrogen-bond acceptors (Lipinski definition) is 6. The van der Waals surface area contributed by atoms with Crippen molar-refractivity contribution in [3.05, 3.63) is 74.7 Å². The molecule has 0 spiro atoms. The van der Waals surface area contributed by atoms with Crippen molar-refractivity contribution in [2.75, 3.05) is 18.2 Å². The second-order valence-corrected chi connectivity index (χ2v) is 6.36. The summed E-state index contributed by atoms with van der Waals surface area (Å²) in [5.74, 6) is 0.0649. The van der Waals surface area contributed by atoms with Crippen LogP contribution < -0.4 is 10.5 Å². The number of anilines is 1. The van der Waals surface area contributed by atoms with Gasteiger partial charge in [0.25, 0.3) is 0 Å². The van der Waals surface area contributed by atoms with E-state index in [0.717, 1.165) is 10.5 Å². The summed E-state index contributed by atoms with van der Waals surface area (Å²) < 4.78 is 1.18. The number of rotatable bonds is 5. The lowest BCUT2D eigenvalue weighted by Crippen LogP contribution is -2.26. The van der Waals surface area contributed by atoms with Gasteiger partial charge in [0.05, 0.1) is 4.92 Å². The summed E-state index contributed by atoms with van der Waals surface area (Å²) in [7, 11) is 1.69. The minimum Gasteiger partial charge on any atom is -0.349 e. The molecular weight excluding hydrogens is 340 g/mol. The van der Waals surface area contributed by atoms with Crippen LogP contribution in [0.15, 0.2) is 58.4 Å². The number of nitrogens with zero attached hydrogens (tertiary/aromatic N) is 4. The molecule has 2 heterocycles. The first kappa shape index (κ1) is 17.0. The average Bonchev–Trinajstić information content (AvgIpc) is 2.62. The zero-order valence-electron chi connectivity index (χ0n) is 13.7. The fourth-order valence-electron chi connectivity index (χ4n) is 2.57. The van der Waals surface area contributed by atoms with Gasteiger partial charge in [-0.15, -0.1) is 11.8 Å². The van der Waals surface area contributed by atoms with Gasteiger partial charge in [0.1, 0.15) is 5.65 Å². The van der Waals surface area contributed by atoms with E-state index < -0.39 is 16.2 Å². The first-order valence-electron chi connectivity index (χ1n) is 7.51. The fourth-order valence-corrected chi connectivity index (χ4v) is 2.98. The Hall–Kier alpha value is -2.87. The van der Waals surface area contributed by atoms with Gasteiger partial charge in [0, 0.05) is 24.7 Å². The molecule has 0 fully saturated rings. The number of hydrogen-bond donors (Lipinski definition) is 0. The molecule has 0 unspecified atom stereocenters. The van der Waals surface area contributed by atoms with E-state index in [1.807, 2.05) is 30.5 Å². The van der Waals surface area contributed by atoms with E-state index in [4.69, 9.17) is 0 Å². The zero-order chi connectivity index (χ0) is 18.0. The van der Waals surface area contributed by atoms with Crippen LogP contribution >= 0.6 is 11.8 Å². The van der Waals surface area contributed by atoms with Crippen LogP contribution in [0.4, 0.5) is 11.5 Å². The van der Waals surface area contributed by atoms with Gasteiger partial charge in [0.15, 0.2) is 0 Å². The standard InChI is InChI=1S/C17H16N4O3S/c1-19(11-12-6-8-13(25-2)9-7-12)16-15(21(23)24)17(22)20-10-4-3-5-14(20)18-16/h3-10H,11H2,1-2H3. The predicted octanol–water partition coefficient (Wildman–Crippen LogP) is 2.96. The average molecular weight is 356 g/mol. The molecule has 0 amide bonds. The highest BCUT2D eigenvalue weighted by atomic mass is 32.2. The van der Waals surface area contributed by atoms with E-state index in [-0.39, 0.29) is 5.82 Å². The van der Waals surface area contributed by atoms with Crippen LogP contribution in [0.1, 0.15) is 5.56 Å². The van der Waals surface area contributed by atoms with Crippen molar-refractivity contribution in [3.63, 3.8) is 0 Å². The molecule has 2 aromatic heterocycles. The van der Waals surface area contributed by atoms with Gasteiger partial charge < -0.3 is 4.90 Å². The van der Waals surface area contributed by atoms with Gasteiger partial charge in [-0.3, -0.25) is 19.3 Å². The second kappa shape index (κ2) is 6.94. The van der Waals surface area contributed by atoms with E-state index in [0.29, 0.717) is 12.2 Å². The topological polar surface area (TPSA) is 80.8 Å². The van der Waals surface area contributed by atoms with E-state index >= 15 is 0 Å². The summed E-state index contributed by atoms with van der Waals surface area (Å²) in [5.41, 5.74) is 0.143. The Morgan fingerprint density at radius 2 is 1.96 bits per heavy atom. The molecule has 0 N–H and O–H groups in total. The van der Waals surface area contributed by atoms with Gasteiger partial charge >= 0.3 is 11.2 Å². The fraction of sp³-hybridized carbons (Fsp3) is 0.176. The summed E-state index contributed by atoms with van der Waals surface area (Å²) in [6.07, 6.45) is 3.47. The SMILES string of the molecule is CSc1ccc(CN(C)c2nc3ccccn3c(=O)c2[N+](=O)[O-])cc1. The number of pyridine rings is 1. The lowest BCUT2D eigenvalue weighted by Gasteiger charge is -2.18. The van der Waals surface area contributed by atoms with Crippen LogP contribution in [0.2, 0.25) is 0 Å². The lowest BCUT2D eigenvalue weighted by atomic mass is 10.2. The Labute approximate surface area is 148 Å². The first-order chi connectivity index (χ1) is 12.0. The molecule has 8 heteroatoms. The third-order valence-electron chi connectivity index (χ3n) is 3.81. The minimum absolute atomic E-state index is 0.0649. The van der Waals surface area contributed by atoms with Crippen molar-refractivity contribution in [3.8, 4) is 0 Å². The molecule has 0 radical (unpaired) electrons. The summed E-state index contributed by atoms with van der Waals surface area (Å²) in [5, 5.41) is 11.4. The maximum Gasteiger partial charge on any atom is 0.376 e. The second-order valence-electron chi connectivity index (χ2n) is 5.48. The van der Waals surface area contributed by atoms with Gasteiger partial charge in [-0.05, 0) is 36.1 Å². The Morgan fingerprint density at radius 1 is 1.24 bits per heavy atom. The van der Waals surface area contributed by atoms with E-state index in [1.165, 1.54) is 10.6 Å². The largest absolute Gasteiger partial charge is 0.376 e. The highest BCUT2D eigenvalue weighted by Gasteiger charge is 2.26. The van der Waals surface area contributed by atoms with Crippen LogP contribution in [-0.4, -0.2) is 27.6 Å². The predicted molar refractivity (Wildman–Crippen MR) is 98.4 cm³/mol. The molecular formula is C17H16N4O3S. The van der Waals surface area contributed by atoms with Crippen molar-refractivity contribution < 1.29 is 4.92 Å². The monoisotopic (exact) mass is 356 g/mol. The van der Waals surface area contributed by atoms with Crippen LogP contribution in [0.3, 0.4) is 0 Å². The molecule has 0 saturated carbocycles. The van der Waals surface area contributed by atoms with Gasteiger partial charge in [-0.1, -0.05) is 18.2 Å². The Morgan fingerprint density at radius 3 is 2.60 bits per heavy atom. The smallest absolute Gasteiger partial charge is 0.349 e. The maximum atomic E-state index is 12.5. The molecule has 3 aromatic rings. The quantitative estimate of drug-likeness (QED) is 0.397. The molecule has 128 valence electrons. The molecule has 0 aliphatic rings. The highest BCUT2D eigenvalue weighted by Crippen LogP contribution is 2.24. The zero-order valence-corrected chi connectivity index (χ0v) is 14.6. The third-order valence-corrected chi connectivity index (χ3v) is 4.56. The first-order valence-corrected chi connectivity index (χ1v) is 8.73. The van der Waals surface area contributed by atoms with Crippen molar-refractivity contribution in [1.82, 2.24) is 9.38 Å². The summed E-state index contributed by atoms with van der Waals surface area (Å²) in [6, 6.07) is 12.9. The van der Waals surface area contributed by atoms with Crippen molar-refractivity contribution in [2.24, 2.45) is 0 Å². The van der Waals surface area contributed by atoms with Gasteiger partial charge in [0.2, 0.25) is 5.82 Å². The molecule has 0 saturated heterocycles. The Balaban J connectivity index is 2.05.